The molecule has 1 atom stereocenters. The maximum absolute atomic E-state index is 13.2. The van der Waals surface area contributed by atoms with Gasteiger partial charge in [-0.15, -0.1) is 0 Å². The smallest absolute Gasteiger partial charge is 0.324 e. The third-order valence-electron chi connectivity index (χ3n) is 5.40. The van der Waals surface area contributed by atoms with E-state index in [9.17, 15) is 22.8 Å². The third kappa shape index (κ3) is 3.74. The van der Waals surface area contributed by atoms with Crippen LogP contribution >= 0.6 is 0 Å². The number of alkyl halides is 3. The van der Waals surface area contributed by atoms with E-state index in [0.717, 1.165) is 33.3 Å². The van der Waals surface area contributed by atoms with Gasteiger partial charge in [-0.25, -0.2) is 4.68 Å². The van der Waals surface area contributed by atoms with Crippen LogP contribution in [0.4, 0.5) is 18.9 Å². The van der Waals surface area contributed by atoms with Crippen LogP contribution < -0.4 is 10.9 Å². The zero-order valence-corrected chi connectivity index (χ0v) is 17.7. The highest BCUT2D eigenvalue weighted by atomic mass is 19.4. The van der Waals surface area contributed by atoms with E-state index in [1.54, 1.807) is 24.3 Å². The molecule has 0 saturated heterocycles. The van der Waals surface area contributed by atoms with Crippen molar-refractivity contribution < 1.29 is 18.0 Å². The van der Waals surface area contributed by atoms with Gasteiger partial charge in [0, 0.05) is 11.1 Å². The molecule has 0 saturated carbocycles. The van der Waals surface area contributed by atoms with E-state index in [-0.39, 0.29) is 12.1 Å². The van der Waals surface area contributed by atoms with Crippen molar-refractivity contribution in [3.05, 3.63) is 75.8 Å². The summed E-state index contributed by atoms with van der Waals surface area (Å²) in [5.41, 5.74) is 0.940. The number of nitrogens with zero attached hydrogens (tertiary/aromatic N) is 3. The Hall–Kier alpha value is -3.62. The summed E-state index contributed by atoms with van der Waals surface area (Å²) < 4.78 is 41.8. The number of amides is 1. The van der Waals surface area contributed by atoms with Gasteiger partial charge in [0.2, 0.25) is 5.91 Å². The number of nitrogens with one attached hydrogen (secondary N) is 1. The fraction of sp³-hybridized carbons (Fsp3) is 0.261. The minimum Gasteiger partial charge on any atom is -0.324 e. The van der Waals surface area contributed by atoms with E-state index in [2.05, 4.69) is 10.4 Å². The molecule has 166 valence electrons. The summed E-state index contributed by atoms with van der Waals surface area (Å²) in [7, 11) is 0. The van der Waals surface area contributed by atoms with Crippen LogP contribution in [0.5, 0.6) is 0 Å². The van der Waals surface area contributed by atoms with Crippen molar-refractivity contribution in [2.24, 2.45) is 0 Å². The van der Waals surface area contributed by atoms with E-state index >= 15 is 0 Å². The quantitative estimate of drug-likeness (QED) is 0.490. The monoisotopic (exact) mass is 442 g/mol. The van der Waals surface area contributed by atoms with Gasteiger partial charge in [-0.3, -0.25) is 14.0 Å². The first-order chi connectivity index (χ1) is 15.1. The van der Waals surface area contributed by atoms with E-state index in [0.29, 0.717) is 11.3 Å². The van der Waals surface area contributed by atoms with Gasteiger partial charge in [-0.1, -0.05) is 24.6 Å². The lowest BCUT2D eigenvalue weighted by Crippen LogP contribution is -2.36. The molecule has 9 heteroatoms. The summed E-state index contributed by atoms with van der Waals surface area (Å²) in [5.74, 6) is -0.0964. The van der Waals surface area contributed by atoms with Crippen LogP contribution in [0.1, 0.15) is 36.3 Å². The average molecular weight is 442 g/mol. The molecule has 0 aliphatic heterocycles. The summed E-state index contributed by atoms with van der Waals surface area (Å²) in [6.07, 6.45) is -4.30. The van der Waals surface area contributed by atoms with Crippen LogP contribution in [0.25, 0.3) is 16.4 Å². The number of aromatic nitrogens is 3. The summed E-state index contributed by atoms with van der Waals surface area (Å²) in [6, 6.07) is 11.0. The molecule has 0 unspecified atom stereocenters. The Bertz CT molecular complexity index is 1400. The lowest BCUT2D eigenvalue weighted by Gasteiger charge is -2.18. The van der Waals surface area contributed by atoms with Gasteiger partial charge in [0.25, 0.3) is 5.56 Å². The highest BCUT2D eigenvalue weighted by Gasteiger charge is 2.31. The van der Waals surface area contributed by atoms with Crippen LogP contribution in [0.2, 0.25) is 0 Å². The highest BCUT2D eigenvalue weighted by Crippen LogP contribution is 2.31. The third-order valence-corrected chi connectivity index (χ3v) is 5.40. The van der Waals surface area contributed by atoms with Gasteiger partial charge in [-0.05, 0) is 56.7 Å². The van der Waals surface area contributed by atoms with Crippen molar-refractivity contribution in [3.63, 3.8) is 0 Å². The second kappa shape index (κ2) is 7.81. The normalized spacial score (nSPS) is 12.9. The Morgan fingerprint density at radius 3 is 2.53 bits per heavy atom. The van der Waals surface area contributed by atoms with Gasteiger partial charge >= 0.3 is 6.18 Å². The minimum absolute atomic E-state index is 0.00183. The molecule has 0 radical (unpaired) electrons. The summed E-state index contributed by atoms with van der Waals surface area (Å²) >= 11 is 0. The Morgan fingerprint density at radius 1 is 1.09 bits per heavy atom. The maximum Gasteiger partial charge on any atom is 0.416 e. The number of hydrogen-bond donors (Lipinski definition) is 1. The van der Waals surface area contributed by atoms with Crippen LogP contribution in [0.15, 0.2) is 53.3 Å². The molecule has 4 aromatic rings. The predicted octanol–water partition coefficient (Wildman–Crippen LogP) is 4.87. The fourth-order valence-electron chi connectivity index (χ4n) is 3.88. The van der Waals surface area contributed by atoms with Crippen LogP contribution in [-0.2, 0) is 11.0 Å². The lowest BCUT2D eigenvalue weighted by molar-refractivity contribution is -0.137. The summed E-state index contributed by atoms with van der Waals surface area (Å²) in [5, 5.41) is 7.73. The van der Waals surface area contributed by atoms with Crippen LogP contribution in [0, 0.1) is 13.8 Å². The van der Waals surface area contributed by atoms with Crippen LogP contribution in [0.3, 0.4) is 0 Å². The van der Waals surface area contributed by atoms with Gasteiger partial charge in [-0.2, -0.15) is 18.3 Å². The zero-order chi connectivity index (χ0) is 23.2. The molecule has 0 aliphatic carbocycles. The topological polar surface area (TPSA) is 68.4 Å². The Balaban J connectivity index is 1.75. The Labute approximate surface area is 181 Å². The van der Waals surface area contributed by atoms with Crippen molar-refractivity contribution in [1.29, 1.82) is 0 Å². The van der Waals surface area contributed by atoms with E-state index in [4.69, 9.17) is 0 Å². The highest BCUT2D eigenvalue weighted by molar-refractivity contribution is 5.94. The van der Waals surface area contributed by atoms with Gasteiger partial charge in [0.05, 0.1) is 11.1 Å². The average Bonchev–Trinajstić information content (AvgIpc) is 3.11. The van der Waals surface area contributed by atoms with Gasteiger partial charge in [0.1, 0.15) is 17.4 Å². The second-order valence-electron chi connectivity index (χ2n) is 7.72. The number of carbonyl (C=O) groups is 1. The van der Waals surface area contributed by atoms with Crippen molar-refractivity contribution in [1.82, 2.24) is 14.2 Å². The summed E-state index contributed by atoms with van der Waals surface area (Å²) in [4.78, 5) is 26.2. The van der Waals surface area contributed by atoms with Crippen molar-refractivity contribution in [3.8, 4) is 0 Å². The first kappa shape index (κ1) is 21.6. The van der Waals surface area contributed by atoms with E-state index < -0.39 is 29.2 Å². The number of anilines is 1. The summed E-state index contributed by atoms with van der Waals surface area (Å²) in [6.45, 7) is 5.40. The zero-order valence-electron chi connectivity index (χ0n) is 17.7. The van der Waals surface area contributed by atoms with Gasteiger partial charge < -0.3 is 5.32 Å². The second-order valence-corrected chi connectivity index (χ2v) is 7.72. The predicted molar refractivity (Wildman–Crippen MR) is 116 cm³/mol. The molecule has 2 aromatic carbocycles. The SMILES string of the molecule is CC[C@@H](C(=O)Nc1cccc(C(F)(F)F)c1)n1nc(C)n2c(cc3cc(C)ccc32)c1=O. The van der Waals surface area contributed by atoms with Gasteiger partial charge in [0.15, 0.2) is 0 Å². The number of aryl methyl sites for hydroxylation is 2. The molecular weight excluding hydrogens is 421 g/mol. The van der Waals surface area contributed by atoms with E-state index in [1.807, 2.05) is 25.1 Å². The number of fused-ring (bicyclic) bond motifs is 3. The largest absolute Gasteiger partial charge is 0.416 e. The van der Waals surface area contributed by atoms with Crippen molar-refractivity contribution in [2.75, 3.05) is 5.32 Å². The first-order valence-electron chi connectivity index (χ1n) is 10.1. The van der Waals surface area contributed by atoms with Crippen LogP contribution in [-0.4, -0.2) is 20.1 Å². The molecule has 0 aliphatic rings. The van der Waals surface area contributed by atoms with E-state index in [1.165, 1.54) is 12.1 Å². The Kier molecular flexibility index (Phi) is 5.28. The number of carbonyl (C=O) groups excluding carboxylic acids is 1. The number of benzene rings is 2. The number of halogens is 3. The lowest BCUT2D eigenvalue weighted by atomic mass is 10.1. The first-order valence-corrected chi connectivity index (χ1v) is 10.1. The standard InChI is InChI=1S/C23H21F3N4O2/c1-4-18(21(31)27-17-7-5-6-16(12-17)23(24,25)26)30-22(32)20-11-15-10-13(2)8-9-19(15)29(20)14(3)28-30/h5-12,18H,4H2,1-3H3,(H,27,31)/t18-/m0/s1. The molecule has 0 fully saturated rings. The molecule has 1 amide bonds. The molecule has 1 N–H and O–H groups in total. The van der Waals surface area contributed by atoms with Crippen molar-refractivity contribution >= 4 is 28.0 Å². The number of hydrogen-bond acceptors (Lipinski definition) is 3. The minimum atomic E-state index is -4.53. The molecule has 0 bridgehead atoms. The fourth-order valence-corrected chi connectivity index (χ4v) is 3.88. The molecule has 32 heavy (non-hydrogen) atoms. The Morgan fingerprint density at radius 2 is 1.84 bits per heavy atom. The molecule has 6 nitrogen and oxygen atoms in total. The molecular formula is C23H21F3N4O2. The molecule has 0 spiro atoms. The number of rotatable bonds is 4. The van der Waals surface area contributed by atoms with Crippen molar-refractivity contribution in [2.45, 2.75) is 39.4 Å². The molecule has 2 aromatic heterocycles. The molecule has 4 rings (SSSR count). The molecule has 2 heterocycles. The maximum atomic E-state index is 13.2.